The Bertz CT molecular complexity index is 415. The van der Waals surface area contributed by atoms with Crippen LogP contribution in [0.25, 0.3) is 0 Å². The minimum atomic E-state index is -0.620. The van der Waals surface area contributed by atoms with Gasteiger partial charge in [0.1, 0.15) is 11.6 Å². The molecule has 1 amide bonds. The summed E-state index contributed by atoms with van der Waals surface area (Å²) in [6.45, 7) is 3.47. The van der Waals surface area contributed by atoms with Crippen molar-refractivity contribution in [3.63, 3.8) is 0 Å². The molecule has 2 atom stereocenters. The Balaban J connectivity index is 2.76. The summed E-state index contributed by atoms with van der Waals surface area (Å²) < 4.78 is 26.1. The zero-order chi connectivity index (χ0) is 13.9. The summed E-state index contributed by atoms with van der Waals surface area (Å²) in [6, 6.07) is 2.61. The number of nitrogens with one attached hydrogen (secondary N) is 1. The molecule has 2 unspecified atom stereocenters. The number of carbonyl (C=O) groups excluding carboxylic acids is 1. The van der Waals surface area contributed by atoms with Gasteiger partial charge in [-0.15, -0.1) is 0 Å². The first-order chi connectivity index (χ1) is 8.31. The standard InChI is InChI=1S/C13H18F2N2O/c1-8(16-9(2)13(18)17(3)4)10-5-11(14)7-12(15)6-10/h5-9,16H,1-4H3. The number of hydrogen-bond acceptors (Lipinski definition) is 2. The Morgan fingerprint density at radius 1 is 1.17 bits per heavy atom. The third-order valence-electron chi connectivity index (χ3n) is 2.70. The fraction of sp³-hybridized carbons (Fsp3) is 0.462. The molecule has 0 spiro atoms. The van der Waals surface area contributed by atoms with Crippen LogP contribution >= 0.6 is 0 Å². The second kappa shape index (κ2) is 5.91. The van der Waals surface area contributed by atoms with Crippen molar-refractivity contribution in [2.24, 2.45) is 0 Å². The van der Waals surface area contributed by atoms with E-state index in [9.17, 15) is 13.6 Å². The van der Waals surface area contributed by atoms with E-state index in [-0.39, 0.29) is 11.9 Å². The summed E-state index contributed by atoms with van der Waals surface area (Å²) in [6.07, 6.45) is 0. The van der Waals surface area contributed by atoms with Gasteiger partial charge in [0.2, 0.25) is 5.91 Å². The molecule has 5 heteroatoms. The van der Waals surface area contributed by atoms with Gasteiger partial charge in [-0.3, -0.25) is 10.1 Å². The van der Waals surface area contributed by atoms with E-state index < -0.39 is 17.7 Å². The van der Waals surface area contributed by atoms with Crippen molar-refractivity contribution in [3.05, 3.63) is 35.4 Å². The van der Waals surface area contributed by atoms with Crippen LogP contribution in [0.2, 0.25) is 0 Å². The second-order valence-corrected chi connectivity index (χ2v) is 4.55. The van der Waals surface area contributed by atoms with Crippen LogP contribution in [0.1, 0.15) is 25.5 Å². The number of carbonyl (C=O) groups is 1. The number of halogens is 2. The smallest absolute Gasteiger partial charge is 0.238 e. The Kier molecular flexibility index (Phi) is 4.78. The topological polar surface area (TPSA) is 32.3 Å². The molecule has 3 nitrogen and oxygen atoms in total. The van der Waals surface area contributed by atoms with Gasteiger partial charge >= 0.3 is 0 Å². The highest BCUT2D eigenvalue weighted by Crippen LogP contribution is 2.16. The minimum absolute atomic E-state index is 0.0845. The highest BCUT2D eigenvalue weighted by atomic mass is 19.1. The molecule has 1 aromatic carbocycles. The summed E-state index contributed by atoms with van der Waals surface area (Å²) in [7, 11) is 3.32. The van der Waals surface area contributed by atoms with E-state index in [2.05, 4.69) is 5.32 Å². The van der Waals surface area contributed by atoms with E-state index >= 15 is 0 Å². The van der Waals surface area contributed by atoms with Gasteiger partial charge in [-0.2, -0.15) is 0 Å². The maximum Gasteiger partial charge on any atom is 0.238 e. The number of rotatable bonds is 4. The van der Waals surface area contributed by atoms with E-state index in [4.69, 9.17) is 0 Å². The Hall–Kier alpha value is -1.49. The van der Waals surface area contributed by atoms with Crippen molar-refractivity contribution in [2.45, 2.75) is 25.9 Å². The first-order valence-electron chi connectivity index (χ1n) is 5.74. The number of amides is 1. The van der Waals surface area contributed by atoms with Crippen molar-refractivity contribution < 1.29 is 13.6 Å². The van der Waals surface area contributed by atoms with Gasteiger partial charge in [0.25, 0.3) is 0 Å². The molecule has 0 radical (unpaired) electrons. The predicted octanol–water partition coefficient (Wildman–Crippen LogP) is 2.09. The zero-order valence-corrected chi connectivity index (χ0v) is 11.0. The first-order valence-corrected chi connectivity index (χ1v) is 5.74. The van der Waals surface area contributed by atoms with E-state index in [0.717, 1.165) is 6.07 Å². The molecule has 0 saturated carbocycles. The first kappa shape index (κ1) is 14.6. The molecule has 0 bridgehead atoms. The fourth-order valence-electron chi connectivity index (χ4n) is 1.75. The van der Waals surface area contributed by atoms with Gasteiger partial charge in [-0.05, 0) is 31.5 Å². The Morgan fingerprint density at radius 3 is 2.11 bits per heavy atom. The van der Waals surface area contributed by atoms with E-state index in [1.807, 2.05) is 0 Å². The molecule has 0 fully saturated rings. The summed E-state index contributed by atoms with van der Waals surface area (Å²) in [4.78, 5) is 13.1. The maximum atomic E-state index is 13.1. The minimum Gasteiger partial charge on any atom is -0.347 e. The van der Waals surface area contributed by atoms with E-state index in [1.165, 1.54) is 17.0 Å². The molecule has 0 aliphatic heterocycles. The maximum absolute atomic E-state index is 13.1. The zero-order valence-electron chi connectivity index (χ0n) is 11.0. The number of benzene rings is 1. The van der Waals surface area contributed by atoms with Crippen LogP contribution in [-0.4, -0.2) is 30.9 Å². The van der Waals surface area contributed by atoms with Gasteiger partial charge in [0.15, 0.2) is 0 Å². The molecule has 1 N–H and O–H groups in total. The highest BCUT2D eigenvalue weighted by Gasteiger charge is 2.18. The van der Waals surface area contributed by atoms with Gasteiger partial charge in [0, 0.05) is 26.2 Å². The van der Waals surface area contributed by atoms with E-state index in [1.54, 1.807) is 27.9 Å². The van der Waals surface area contributed by atoms with Crippen LogP contribution in [0, 0.1) is 11.6 Å². The molecule has 0 aromatic heterocycles. The SMILES string of the molecule is CC(NC(C)c1cc(F)cc(F)c1)C(=O)N(C)C. The fourth-order valence-corrected chi connectivity index (χ4v) is 1.75. The molecule has 0 aliphatic carbocycles. The van der Waals surface area contributed by atoms with Crippen molar-refractivity contribution in [2.75, 3.05) is 14.1 Å². The largest absolute Gasteiger partial charge is 0.347 e. The van der Waals surface area contributed by atoms with Gasteiger partial charge < -0.3 is 4.90 Å². The van der Waals surface area contributed by atoms with E-state index in [0.29, 0.717) is 5.56 Å². The van der Waals surface area contributed by atoms with Crippen molar-refractivity contribution in [1.82, 2.24) is 10.2 Å². The number of hydrogen-bond donors (Lipinski definition) is 1. The molecular formula is C13H18F2N2O. The van der Waals surface area contributed by atoms with Gasteiger partial charge in [0.05, 0.1) is 6.04 Å². The average molecular weight is 256 g/mol. The monoisotopic (exact) mass is 256 g/mol. The molecule has 18 heavy (non-hydrogen) atoms. The molecular weight excluding hydrogens is 238 g/mol. The summed E-state index contributed by atoms with van der Waals surface area (Å²) in [5.74, 6) is -1.32. The number of nitrogens with zero attached hydrogens (tertiary/aromatic N) is 1. The van der Waals surface area contributed by atoms with Crippen LogP contribution in [0.4, 0.5) is 8.78 Å². The van der Waals surface area contributed by atoms with Crippen molar-refractivity contribution >= 4 is 5.91 Å². The molecule has 0 heterocycles. The highest BCUT2D eigenvalue weighted by molar-refractivity contribution is 5.80. The molecule has 100 valence electrons. The quantitative estimate of drug-likeness (QED) is 0.894. The summed E-state index contributed by atoms with van der Waals surface area (Å²) >= 11 is 0. The molecule has 1 aromatic rings. The molecule has 1 rings (SSSR count). The van der Waals surface area contributed by atoms with Gasteiger partial charge in [-0.25, -0.2) is 8.78 Å². The van der Waals surface area contributed by atoms with Crippen LogP contribution < -0.4 is 5.32 Å². The van der Waals surface area contributed by atoms with Crippen LogP contribution in [0.5, 0.6) is 0 Å². The van der Waals surface area contributed by atoms with Gasteiger partial charge in [-0.1, -0.05) is 0 Å². The number of likely N-dealkylation sites (N-methyl/N-ethyl adjacent to an activating group) is 1. The predicted molar refractivity (Wildman–Crippen MR) is 66.1 cm³/mol. The second-order valence-electron chi connectivity index (χ2n) is 4.55. The van der Waals surface area contributed by atoms with Crippen LogP contribution in [-0.2, 0) is 4.79 Å². The Labute approximate surface area is 106 Å². The lowest BCUT2D eigenvalue weighted by molar-refractivity contribution is -0.130. The molecule has 0 aliphatic rings. The van der Waals surface area contributed by atoms with Crippen LogP contribution in [0.15, 0.2) is 18.2 Å². The Morgan fingerprint density at radius 2 is 1.67 bits per heavy atom. The lowest BCUT2D eigenvalue weighted by Gasteiger charge is -2.22. The van der Waals surface area contributed by atoms with Crippen molar-refractivity contribution in [1.29, 1.82) is 0 Å². The lowest BCUT2D eigenvalue weighted by Crippen LogP contribution is -2.42. The normalized spacial score (nSPS) is 14.1. The lowest BCUT2D eigenvalue weighted by atomic mass is 10.1. The third-order valence-corrected chi connectivity index (χ3v) is 2.70. The summed E-state index contributed by atoms with van der Waals surface area (Å²) in [5.41, 5.74) is 0.478. The summed E-state index contributed by atoms with van der Waals surface area (Å²) in [5, 5.41) is 3.01. The average Bonchev–Trinajstić information content (AvgIpc) is 2.26. The third kappa shape index (κ3) is 3.77. The van der Waals surface area contributed by atoms with Crippen LogP contribution in [0.3, 0.4) is 0 Å². The molecule has 0 saturated heterocycles. The van der Waals surface area contributed by atoms with Crippen molar-refractivity contribution in [3.8, 4) is 0 Å².